The van der Waals surface area contributed by atoms with Gasteiger partial charge < -0.3 is 4.74 Å². The normalized spacial score (nSPS) is 19.7. The van der Waals surface area contributed by atoms with Crippen LogP contribution in [0.5, 0.6) is 0 Å². The van der Waals surface area contributed by atoms with Gasteiger partial charge in [0.05, 0.1) is 24.1 Å². The summed E-state index contributed by atoms with van der Waals surface area (Å²) in [5.74, 6) is 0. The second-order valence-corrected chi connectivity index (χ2v) is 8.60. The Balaban J connectivity index is 1.83. The summed E-state index contributed by atoms with van der Waals surface area (Å²) < 4.78 is 7.32. The third kappa shape index (κ3) is 2.95. The van der Waals surface area contributed by atoms with Crippen molar-refractivity contribution < 1.29 is 4.74 Å². The van der Waals surface area contributed by atoms with Crippen LogP contribution in [0.2, 0.25) is 10.0 Å². The second kappa shape index (κ2) is 6.60. The molecule has 0 saturated heterocycles. The fraction of sp³-hybridized carbons (Fsp3) is 0.389. The number of hydrogen-bond donors (Lipinski definition) is 0. The Labute approximate surface area is 164 Å². The quantitative estimate of drug-likeness (QED) is 0.640. The average Bonchev–Trinajstić information content (AvgIpc) is 2.98. The zero-order valence-corrected chi connectivity index (χ0v) is 16.7. The molecule has 0 aliphatic carbocycles. The zero-order chi connectivity index (χ0) is 18.5. The summed E-state index contributed by atoms with van der Waals surface area (Å²) in [5.41, 5.74) is 1.29. The molecule has 0 N–H and O–H groups in total. The molecule has 3 heterocycles. The maximum Gasteiger partial charge on any atom is 0.279 e. The van der Waals surface area contributed by atoms with E-state index in [0.717, 1.165) is 16.9 Å². The highest BCUT2D eigenvalue weighted by atomic mass is 35.5. The van der Waals surface area contributed by atoms with Crippen molar-refractivity contribution in [3.63, 3.8) is 0 Å². The first-order valence-corrected chi connectivity index (χ1v) is 9.94. The van der Waals surface area contributed by atoms with E-state index in [9.17, 15) is 4.79 Å². The minimum Gasteiger partial charge on any atom is -0.369 e. The van der Waals surface area contributed by atoms with E-state index in [-0.39, 0.29) is 17.7 Å². The van der Waals surface area contributed by atoms with E-state index in [0.29, 0.717) is 38.9 Å². The fourth-order valence-electron chi connectivity index (χ4n) is 3.19. The van der Waals surface area contributed by atoms with Crippen LogP contribution in [0.4, 0.5) is 0 Å². The van der Waals surface area contributed by atoms with Gasteiger partial charge in [0, 0.05) is 26.9 Å². The summed E-state index contributed by atoms with van der Waals surface area (Å²) in [6.45, 7) is 4.87. The second-order valence-electron chi connectivity index (χ2n) is 6.71. The van der Waals surface area contributed by atoms with Crippen molar-refractivity contribution in [1.82, 2.24) is 15.0 Å². The number of nitrogens with zero attached hydrogens (tertiary/aromatic N) is 3. The molecule has 0 saturated carbocycles. The van der Waals surface area contributed by atoms with Crippen molar-refractivity contribution in [1.29, 1.82) is 0 Å². The third-order valence-corrected chi connectivity index (χ3v) is 6.78. The summed E-state index contributed by atoms with van der Waals surface area (Å²) in [5, 5.41) is 10.0. The van der Waals surface area contributed by atoms with Gasteiger partial charge in [-0.15, -0.1) is 16.4 Å². The van der Waals surface area contributed by atoms with Crippen molar-refractivity contribution in [2.24, 2.45) is 0 Å². The van der Waals surface area contributed by atoms with Gasteiger partial charge in [-0.3, -0.25) is 4.79 Å². The molecule has 3 aromatic rings. The van der Waals surface area contributed by atoms with Gasteiger partial charge in [0.15, 0.2) is 4.83 Å². The number of fused-ring (bicyclic) bond motifs is 3. The molecule has 1 aliphatic rings. The van der Waals surface area contributed by atoms with Crippen molar-refractivity contribution >= 4 is 44.8 Å². The Morgan fingerprint density at radius 2 is 2.08 bits per heavy atom. The van der Waals surface area contributed by atoms with Gasteiger partial charge in [0.1, 0.15) is 0 Å². The third-order valence-electron chi connectivity index (χ3n) is 4.98. The van der Waals surface area contributed by atoms with E-state index >= 15 is 0 Å². The summed E-state index contributed by atoms with van der Waals surface area (Å²) in [6.07, 6.45) is 1.58. The predicted octanol–water partition coefficient (Wildman–Crippen LogP) is 4.45. The highest BCUT2D eigenvalue weighted by molar-refractivity contribution is 7.18. The van der Waals surface area contributed by atoms with Crippen LogP contribution in [0, 0.1) is 0 Å². The van der Waals surface area contributed by atoms with Gasteiger partial charge in [-0.05, 0) is 31.0 Å². The number of rotatable bonds is 3. The molecule has 2 aromatic heterocycles. The maximum absolute atomic E-state index is 13.1. The summed E-state index contributed by atoms with van der Waals surface area (Å²) >= 11 is 14.0. The monoisotopic (exact) mass is 409 g/mol. The largest absolute Gasteiger partial charge is 0.369 e. The zero-order valence-electron chi connectivity index (χ0n) is 14.4. The lowest BCUT2D eigenvalue weighted by Gasteiger charge is -2.32. The first kappa shape index (κ1) is 17.9. The fourth-order valence-corrected chi connectivity index (χ4v) is 4.74. The number of aromatic nitrogens is 3. The molecule has 0 unspecified atom stereocenters. The summed E-state index contributed by atoms with van der Waals surface area (Å²) in [4.78, 5) is 14.8. The van der Waals surface area contributed by atoms with Crippen LogP contribution in [0.3, 0.4) is 0 Å². The topological polar surface area (TPSA) is 57.0 Å². The number of ether oxygens (including phenoxy) is 1. The van der Waals surface area contributed by atoms with Gasteiger partial charge in [0.2, 0.25) is 0 Å². The maximum atomic E-state index is 13.1. The molecule has 5 nitrogen and oxygen atoms in total. The smallest absolute Gasteiger partial charge is 0.279 e. The molecule has 1 aromatic carbocycles. The molecule has 0 amide bonds. The molecule has 0 fully saturated rings. The van der Waals surface area contributed by atoms with Crippen molar-refractivity contribution in [2.75, 3.05) is 0 Å². The summed E-state index contributed by atoms with van der Waals surface area (Å²) in [6, 6.07) is 5.26. The lowest BCUT2D eigenvalue weighted by Crippen LogP contribution is -2.34. The van der Waals surface area contributed by atoms with Crippen LogP contribution in [0.15, 0.2) is 23.0 Å². The van der Waals surface area contributed by atoms with Gasteiger partial charge in [-0.2, -0.15) is 0 Å². The highest BCUT2D eigenvalue weighted by Gasteiger charge is 2.33. The van der Waals surface area contributed by atoms with Gasteiger partial charge >= 0.3 is 0 Å². The van der Waals surface area contributed by atoms with Crippen LogP contribution in [-0.4, -0.2) is 20.6 Å². The molecule has 136 valence electrons. The Morgan fingerprint density at radius 3 is 2.77 bits per heavy atom. The van der Waals surface area contributed by atoms with Gasteiger partial charge in [-0.1, -0.05) is 41.4 Å². The molecule has 1 aliphatic heterocycles. The molecule has 0 radical (unpaired) electrons. The van der Waals surface area contributed by atoms with Gasteiger partial charge in [-0.25, -0.2) is 4.68 Å². The van der Waals surface area contributed by atoms with E-state index < -0.39 is 0 Å². The van der Waals surface area contributed by atoms with E-state index in [2.05, 4.69) is 24.2 Å². The first-order chi connectivity index (χ1) is 12.4. The van der Waals surface area contributed by atoms with Crippen LogP contribution in [0.1, 0.15) is 36.3 Å². The van der Waals surface area contributed by atoms with Crippen molar-refractivity contribution in [3.05, 3.63) is 54.6 Å². The molecule has 4 rings (SSSR count). The van der Waals surface area contributed by atoms with E-state index in [4.69, 9.17) is 27.9 Å². The van der Waals surface area contributed by atoms with E-state index in [1.54, 1.807) is 18.2 Å². The van der Waals surface area contributed by atoms with Crippen LogP contribution < -0.4 is 5.56 Å². The number of hydrogen-bond acceptors (Lipinski definition) is 5. The molecule has 1 atom stereocenters. The standard InChI is InChI=1S/C18H17Cl2N3O2S/c1-3-18(2)7-10-14(9-25-18)26-16-15(10)17(24)23(22-21-16)8-11-12(19)5-4-6-13(11)20/h4-6H,3,7-9H2,1-2H3/t18-/m0/s1. The number of benzene rings is 1. The van der Waals surface area contributed by atoms with Crippen LogP contribution in [0.25, 0.3) is 10.2 Å². The Bertz CT molecular complexity index is 1040. The first-order valence-electron chi connectivity index (χ1n) is 8.37. The minimum atomic E-state index is -0.256. The Hall–Kier alpha value is -1.47. The Kier molecular flexibility index (Phi) is 4.55. The van der Waals surface area contributed by atoms with Crippen LogP contribution in [-0.2, 0) is 24.3 Å². The molecule has 26 heavy (non-hydrogen) atoms. The Morgan fingerprint density at radius 1 is 1.35 bits per heavy atom. The lowest BCUT2D eigenvalue weighted by molar-refractivity contribution is -0.0543. The van der Waals surface area contributed by atoms with Crippen molar-refractivity contribution in [3.8, 4) is 0 Å². The highest BCUT2D eigenvalue weighted by Crippen LogP contribution is 2.38. The molecule has 0 bridgehead atoms. The van der Waals surface area contributed by atoms with Crippen molar-refractivity contribution in [2.45, 2.75) is 45.4 Å². The molecular formula is C18H17Cl2N3O2S. The van der Waals surface area contributed by atoms with Crippen LogP contribution >= 0.6 is 34.5 Å². The average molecular weight is 410 g/mol. The number of thiophene rings is 1. The van der Waals surface area contributed by atoms with E-state index in [1.807, 2.05) is 0 Å². The lowest BCUT2D eigenvalue weighted by atomic mass is 9.90. The predicted molar refractivity (Wildman–Crippen MR) is 104 cm³/mol. The molecule has 0 spiro atoms. The van der Waals surface area contributed by atoms with Gasteiger partial charge in [0.25, 0.3) is 5.56 Å². The minimum absolute atomic E-state index is 0.163. The van der Waals surface area contributed by atoms with E-state index in [1.165, 1.54) is 16.0 Å². The number of halogens is 2. The molecular weight excluding hydrogens is 393 g/mol. The molecule has 8 heteroatoms. The summed E-state index contributed by atoms with van der Waals surface area (Å²) in [7, 11) is 0. The SMILES string of the molecule is CC[C@@]1(C)Cc2c(sc3nnn(Cc4c(Cl)cccc4Cl)c(=O)c23)CO1.